The zero-order valence-corrected chi connectivity index (χ0v) is 8.35. The van der Waals surface area contributed by atoms with Gasteiger partial charge in [-0.2, -0.15) is 0 Å². The highest BCUT2D eigenvalue weighted by atomic mass is 35.5. The molecule has 1 aromatic heterocycles. The lowest BCUT2D eigenvalue weighted by Crippen LogP contribution is -1.87. The maximum Gasteiger partial charge on any atom is 0.0799 e. The van der Waals surface area contributed by atoms with E-state index < -0.39 is 0 Å². The minimum atomic E-state index is 0.764. The average molecular weight is 211 g/mol. The lowest BCUT2D eigenvalue weighted by Gasteiger charge is -1.96. The molecular formula is C9H7ClN2S. The van der Waals surface area contributed by atoms with Crippen LogP contribution in [0.25, 0.3) is 0 Å². The summed E-state index contributed by atoms with van der Waals surface area (Å²) in [4.78, 5) is 0. The van der Waals surface area contributed by atoms with E-state index in [1.54, 1.807) is 0 Å². The van der Waals surface area contributed by atoms with Crippen LogP contribution >= 0.6 is 23.1 Å². The summed E-state index contributed by atoms with van der Waals surface area (Å²) in [5.41, 5.74) is 2.21. The van der Waals surface area contributed by atoms with Crippen LogP contribution in [-0.2, 0) is 6.42 Å². The van der Waals surface area contributed by atoms with Crippen molar-refractivity contribution < 1.29 is 0 Å². The van der Waals surface area contributed by atoms with Crippen LogP contribution in [0, 0.1) is 0 Å². The van der Waals surface area contributed by atoms with Crippen molar-refractivity contribution in [1.82, 2.24) is 9.59 Å². The van der Waals surface area contributed by atoms with Gasteiger partial charge in [0.2, 0.25) is 0 Å². The molecule has 0 saturated carbocycles. The molecule has 0 radical (unpaired) electrons. The molecule has 0 fully saturated rings. The van der Waals surface area contributed by atoms with E-state index in [0.29, 0.717) is 0 Å². The first-order chi connectivity index (χ1) is 6.34. The first-order valence-electron chi connectivity index (χ1n) is 3.85. The molecule has 0 aliphatic carbocycles. The standard InChI is InChI=1S/C9H7ClN2S/c10-8-3-1-7(2-4-8)5-9-6-13-12-11-9/h1-4,6H,5H2. The molecule has 0 saturated heterocycles. The van der Waals surface area contributed by atoms with E-state index in [0.717, 1.165) is 17.1 Å². The van der Waals surface area contributed by atoms with Gasteiger partial charge in [0.25, 0.3) is 0 Å². The van der Waals surface area contributed by atoms with Gasteiger partial charge in [-0.3, -0.25) is 0 Å². The molecule has 1 heterocycles. The molecule has 0 spiro atoms. The van der Waals surface area contributed by atoms with Crippen LogP contribution in [0.1, 0.15) is 11.3 Å². The maximum atomic E-state index is 5.77. The van der Waals surface area contributed by atoms with Crippen molar-refractivity contribution in [1.29, 1.82) is 0 Å². The monoisotopic (exact) mass is 210 g/mol. The summed E-state index contributed by atoms with van der Waals surface area (Å²) in [5.74, 6) is 0. The lowest BCUT2D eigenvalue weighted by atomic mass is 10.1. The fourth-order valence-corrected chi connectivity index (χ4v) is 1.65. The fraction of sp³-hybridized carbons (Fsp3) is 0.111. The van der Waals surface area contributed by atoms with E-state index in [-0.39, 0.29) is 0 Å². The second kappa shape index (κ2) is 3.85. The predicted octanol–water partition coefficient (Wildman–Crippen LogP) is 2.78. The molecule has 1 aromatic carbocycles. The van der Waals surface area contributed by atoms with Crippen LogP contribution in [0.5, 0.6) is 0 Å². The Balaban J connectivity index is 2.15. The highest BCUT2D eigenvalue weighted by molar-refractivity contribution is 7.03. The van der Waals surface area contributed by atoms with E-state index in [9.17, 15) is 0 Å². The fourth-order valence-electron chi connectivity index (χ4n) is 1.07. The molecule has 0 atom stereocenters. The van der Waals surface area contributed by atoms with Crippen LogP contribution in [0.4, 0.5) is 0 Å². The largest absolute Gasteiger partial charge is 0.143 e. The minimum absolute atomic E-state index is 0.764. The summed E-state index contributed by atoms with van der Waals surface area (Å²) in [5, 5.41) is 6.69. The lowest BCUT2D eigenvalue weighted by molar-refractivity contribution is 1.02. The summed E-state index contributed by atoms with van der Waals surface area (Å²) >= 11 is 7.14. The molecule has 13 heavy (non-hydrogen) atoms. The van der Waals surface area contributed by atoms with Gasteiger partial charge in [0, 0.05) is 16.8 Å². The van der Waals surface area contributed by atoms with Crippen molar-refractivity contribution in [3.63, 3.8) is 0 Å². The Hall–Kier alpha value is -0.930. The van der Waals surface area contributed by atoms with Gasteiger partial charge in [-0.15, -0.1) is 5.10 Å². The molecule has 2 aromatic rings. The zero-order chi connectivity index (χ0) is 9.10. The number of benzene rings is 1. The van der Waals surface area contributed by atoms with Crippen molar-refractivity contribution in [2.24, 2.45) is 0 Å². The topological polar surface area (TPSA) is 25.8 Å². The molecule has 66 valence electrons. The van der Waals surface area contributed by atoms with Gasteiger partial charge >= 0.3 is 0 Å². The number of aromatic nitrogens is 2. The van der Waals surface area contributed by atoms with Crippen molar-refractivity contribution in [2.75, 3.05) is 0 Å². The van der Waals surface area contributed by atoms with Gasteiger partial charge < -0.3 is 0 Å². The molecule has 4 heteroatoms. The van der Waals surface area contributed by atoms with Gasteiger partial charge in [0.1, 0.15) is 0 Å². The summed E-state index contributed by atoms with van der Waals surface area (Å²) in [7, 11) is 0. The predicted molar refractivity (Wildman–Crippen MR) is 54.2 cm³/mol. The molecule has 0 aliphatic heterocycles. The normalized spacial score (nSPS) is 10.2. The van der Waals surface area contributed by atoms with Gasteiger partial charge in [0.15, 0.2) is 0 Å². The van der Waals surface area contributed by atoms with Crippen LogP contribution in [0.2, 0.25) is 5.02 Å². The molecule has 2 nitrogen and oxygen atoms in total. The Labute approximate surface area is 85.3 Å². The number of hydrogen-bond acceptors (Lipinski definition) is 3. The molecule has 0 amide bonds. The van der Waals surface area contributed by atoms with Crippen molar-refractivity contribution in [3.8, 4) is 0 Å². The van der Waals surface area contributed by atoms with Gasteiger partial charge in [-0.05, 0) is 29.2 Å². The van der Waals surface area contributed by atoms with Crippen LogP contribution in [-0.4, -0.2) is 9.59 Å². The highest BCUT2D eigenvalue weighted by Gasteiger charge is 1.98. The Morgan fingerprint density at radius 3 is 2.62 bits per heavy atom. The minimum Gasteiger partial charge on any atom is -0.143 e. The smallest absolute Gasteiger partial charge is 0.0799 e. The molecule has 0 N–H and O–H groups in total. The molecular weight excluding hydrogens is 204 g/mol. The molecule has 2 rings (SSSR count). The molecule has 0 unspecified atom stereocenters. The van der Waals surface area contributed by atoms with Crippen molar-refractivity contribution >= 4 is 23.1 Å². The number of hydrogen-bond donors (Lipinski definition) is 0. The Morgan fingerprint density at radius 2 is 2.00 bits per heavy atom. The van der Waals surface area contributed by atoms with E-state index in [2.05, 4.69) is 9.59 Å². The van der Waals surface area contributed by atoms with Gasteiger partial charge in [-0.1, -0.05) is 28.2 Å². The zero-order valence-electron chi connectivity index (χ0n) is 6.77. The van der Waals surface area contributed by atoms with Crippen LogP contribution in [0.3, 0.4) is 0 Å². The van der Waals surface area contributed by atoms with Crippen molar-refractivity contribution in [2.45, 2.75) is 6.42 Å². The Bertz CT molecular complexity index is 369. The summed E-state index contributed by atoms with van der Waals surface area (Å²) in [6.45, 7) is 0. The average Bonchev–Trinajstić information content (AvgIpc) is 2.62. The van der Waals surface area contributed by atoms with E-state index in [1.807, 2.05) is 29.6 Å². The third-order valence-corrected chi connectivity index (χ3v) is 2.51. The first kappa shape index (κ1) is 8.66. The summed E-state index contributed by atoms with van der Waals surface area (Å²) in [6, 6.07) is 7.77. The third kappa shape index (κ3) is 2.26. The SMILES string of the molecule is Clc1ccc(Cc2csnn2)cc1. The Morgan fingerprint density at radius 1 is 1.23 bits per heavy atom. The highest BCUT2D eigenvalue weighted by Crippen LogP contribution is 2.12. The summed E-state index contributed by atoms with van der Waals surface area (Å²) in [6.07, 6.45) is 0.827. The van der Waals surface area contributed by atoms with Crippen LogP contribution in [0.15, 0.2) is 29.6 Å². The summed E-state index contributed by atoms with van der Waals surface area (Å²) < 4.78 is 3.80. The first-order valence-corrected chi connectivity index (χ1v) is 5.06. The molecule has 0 bridgehead atoms. The third-order valence-electron chi connectivity index (χ3n) is 1.70. The number of nitrogens with zero attached hydrogens (tertiary/aromatic N) is 2. The van der Waals surface area contributed by atoms with E-state index in [1.165, 1.54) is 17.1 Å². The van der Waals surface area contributed by atoms with Gasteiger partial charge in [-0.25, -0.2) is 0 Å². The number of rotatable bonds is 2. The maximum absolute atomic E-state index is 5.77. The second-order valence-electron chi connectivity index (χ2n) is 2.70. The van der Waals surface area contributed by atoms with E-state index in [4.69, 9.17) is 11.6 Å². The molecule has 0 aliphatic rings. The van der Waals surface area contributed by atoms with E-state index >= 15 is 0 Å². The Kier molecular flexibility index (Phi) is 2.57. The quantitative estimate of drug-likeness (QED) is 0.762. The van der Waals surface area contributed by atoms with Crippen LogP contribution < -0.4 is 0 Å². The van der Waals surface area contributed by atoms with Crippen molar-refractivity contribution in [3.05, 3.63) is 45.9 Å². The number of halogens is 1. The van der Waals surface area contributed by atoms with Gasteiger partial charge in [0.05, 0.1) is 5.69 Å². The second-order valence-corrected chi connectivity index (χ2v) is 3.75.